The highest BCUT2D eigenvalue weighted by molar-refractivity contribution is 6.31. The van der Waals surface area contributed by atoms with Crippen molar-refractivity contribution in [3.05, 3.63) is 64.7 Å². The minimum Gasteiger partial charge on any atom is -0.274 e. The van der Waals surface area contributed by atoms with Gasteiger partial charge in [-0.05, 0) is 43.2 Å². The largest absolute Gasteiger partial charge is 0.274 e. The first-order valence-electron chi connectivity index (χ1n) is 9.29. The van der Waals surface area contributed by atoms with E-state index < -0.39 is 6.04 Å². The second-order valence-corrected chi connectivity index (χ2v) is 7.93. The number of halogens is 1. The molecule has 0 spiro atoms. The smallest absolute Gasteiger partial charge is 0.253 e. The first-order chi connectivity index (χ1) is 13.1. The summed E-state index contributed by atoms with van der Waals surface area (Å²) in [6.07, 6.45) is 1.01. The number of hydrazine groups is 1. The average molecular weight is 382 g/mol. The summed E-state index contributed by atoms with van der Waals surface area (Å²) in [7, 11) is 0. The van der Waals surface area contributed by atoms with Gasteiger partial charge in [-0.1, -0.05) is 41.4 Å². The molecule has 3 aliphatic rings. The van der Waals surface area contributed by atoms with Gasteiger partial charge in [0, 0.05) is 18.1 Å². The Morgan fingerprint density at radius 3 is 2.15 bits per heavy atom. The summed E-state index contributed by atoms with van der Waals surface area (Å²) in [6, 6.07) is 14.7. The molecule has 0 radical (unpaired) electrons. The predicted octanol–water partition coefficient (Wildman–Crippen LogP) is 3.18. The number of carbonyl (C=O) groups is 2. The summed E-state index contributed by atoms with van der Waals surface area (Å²) < 4.78 is 0. The third-order valence-corrected chi connectivity index (χ3v) is 6.16. The van der Waals surface area contributed by atoms with Crippen LogP contribution in [0.25, 0.3) is 0 Å². The molecule has 5 nitrogen and oxygen atoms in total. The molecule has 2 amide bonds. The predicted molar refractivity (Wildman–Crippen MR) is 103 cm³/mol. The van der Waals surface area contributed by atoms with Crippen LogP contribution in [-0.2, 0) is 9.59 Å². The van der Waals surface area contributed by atoms with Gasteiger partial charge in [-0.3, -0.25) is 9.59 Å². The summed E-state index contributed by atoms with van der Waals surface area (Å²) in [4.78, 5) is 28.0. The molecule has 5 rings (SSSR count). The van der Waals surface area contributed by atoms with Crippen molar-refractivity contribution in [2.24, 2.45) is 5.92 Å². The van der Waals surface area contributed by atoms with Gasteiger partial charge >= 0.3 is 0 Å². The number of rotatable bonds is 2. The van der Waals surface area contributed by atoms with E-state index in [0.717, 1.165) is 25.1 Å². The number of carbonyl (C=O) groups excluding carboxylic acids is 2. The van der Waals surface area contributed by atoms with Crippen LogP contribution in [0.1, 0.15) is 23.6 Å². The molecule has 3 heterocycles. The number of anilines is 1. The fourth-order valence-electron chi connectivity index (χ4n) is 4.72. The number of aryl methyl sites for hydroxylation is 1. The van der Waals surface area contributed by atoms with Crippen molar-refractivity contribution in [3.8, 4) is 0 Å². The standard InChI is InChI=1S/C21H20ClN3O2/c1-13-3-5-14(6-4-13)18-17-19(24-12-2-11-23(18)24)21(27)25(20(17)26)16-9-7-15(22)8-10-16/h3-10,17-19H,2,11-12H2,1H3/t17-,18+,19+/m0/s1. The molecular weight excluding hydrogens is 362 g/mol. The second kappa shape index (κ2) is 6.16. The molecule has 3 aliphatic heterocycles. The lowest BCUT2D eigenvalue weighted by Gasteiger charge is -2.29. The number of imide groups is 1. The maximum atomic E-state index is 13.4. The highest BCUT2D eigenvalue weighted by Crippen LogP contribution is 2.48. The summed E-state index contributed by atoms with van der Waals surface area (Å²) in [5.74, 6) is -0.627. The molecule has 0 unspecified atom stereocenters. The second-order valence-electron chi connectivity index (χ2n) is 7.49. The van der Waals surface area contributed by atoms with Crippen LogP contribution in [0.15, 0.2) is 48.5 Å². The molecule has 138 valence electrons. The molecule has 27 heavy (non-hydrogen) atoms. The number of hydrogen-bond donors (Lipinski definition) is 0. The van der Waals surface area contributed by atoms with Gasteiger partial charge in [-0.25, -0.2) is 14.9 Å². The van der Waals surface area contributed by atoms with Crippen molar-refractivity contribution in [3.63, 3.8) is 0 Å². The number of amides is 2. The highest BCUT2D eigenvalue weighted by atomic mass is 35.5. The van der Waals surface area contributed by atoms with Gasteiger partial charge in [-0.2, -0.15) is 0 Å². The quantitative estimate of drug-likeness (QED) is 0.749. The molecule has 3 atom stereocenters. The SMILES string of the molecule is Cc1ccc([C@@H]2[C@@H]3C(=O)N(c4ccc(Cl)cc4)C(=O)[C@@H]3N3CCCN23)cc1. The lowest BCUT2D eigenvalue weighted by molar-refractivity contribution is -0.126. The molecule has 3 fully saturated rings. The Kier molecular flexibility index (Phi) is 3.86. The van der Waals surface area contributed by atoms with E-state index >= 15 is 0 Å². The van der Waals surface area contributed by atoms with E-state index in [2.05, 4.69) is 41.2 Å². The Balaban J connectivity index is 1.57. The summed E-state index contributed by atoms with van der Waals surface area (Å²) in [6.45, 7) is 3.75. The average Bonchev–Trinajstić information content (AvgIpc) is 3.30. The molecular formula is C21H20ClN3O2. The third kappa shape index (κ3) is 2.46. The molecule has 0 aliphatic carbocycles. The molecule has 0 bridgehead atoms. The lowest BCUT2D eigenvalue weighted by Crippen LogP contribution is -2.44. The van der Waals surface area contributed by atoms with Crippen molar-refractivity contribution < 1.29 is 9.59 Å². The number of nitrogens with zero attached hydrogens (tertiary/aromatic N) is 3. The van der Waals surface area contributed by atoms with Crippen molar-refractivity contribution in [2.45, 2.75) is 25.4 Å². The molecule has 0 aromatic heterocycles. The van der Waals surface area contributed by atoms with Crippen LogP contribution in [0.2, 0.25) is 5.02 Å². The van der Waals surface area contributed by atoms with Crippen molar-refractivity contribution in [1.29, 1.82) is 0 Å². The number of hydrogen-bond acceptors (Lipinski definition) is 4. The van der Waals surface area contributed by atoms with Crippen LogP contribution in [0, 0.1) is 12.8 Å². The van der Waals surface area contributed by atoms with Crippen LogP contribution in [-0.4, -0.2) is 41.0 Å². The zero-order valence-electron chi connectivity index (χ0n) is 15.0. The molecule has 0 N–H and O–H groups in total. The van der Waals surface area contributed by atoms with Crippen LogP contribution in [0.3, 0.4) is 0 Å². The van der Waals surface area contributed by atoms with Crippen molar-refractivity contribution in [1.82, 2.24) is 10.0 Å². The van der Waals surface area contributed by atoms with E-state index in [9.17, 15) is 9.59 Å². The number of benzene rings is 2. The maximum absolute atomic E-state index is 13.4. The van der Waals surface area contributed by atoms with Gasteiger partial charge in [0.05, 0.1) is 17.6 Å². The Morgan fingerprint density at radius 2 is 1.48 bits per heavy atom. The van der Waals surface area contributed by atoms with Gasteiger partial charge in [0.25, 0.3) is 5.91 Å². The summed E-state index contributed by atoms with van der Waals surface area (Å²) >= 11 is 5.97. The van der Waals surface area contributed by atoms with Crippen LogP contribution >= 0.6 is 11.6 Å². The molecule has 2 aromatic carbocycles. The van der Waals surface area contributed by atoms with E-state index in [-0.39, 0.29) is 23.8 Å². The van der Waals surface area contributed by atoms with E-state index in [1.807, 2.05) is 0 Å². The monoisotopic (exact) mass is 381 g/mol. The Bertz CT molecular complexity index is 912. The normalized spacial score (nSPS) is 28.1. The Labute approximate surface area is 163 Å². The highest BCUT2D eigenvalue weighted by Gasteiger charge is 2.62. The Hall–Kier alpha value is -2.21. The topological polar surface area (TPSA) is 43.9 Å². The van der Waals surface area contributed by atoms with Crippen LogP contribution in [0.4, 0.5) is 5.69 Å². The summed E-state index contributed by atoms with van der Waals surface area (Å²) in [5.41, 5.74) is 2.87. The minimum atomic E-state index is -0.415. The molecule has 3 saturated heterocycles. The van der Waals surface area contributed by atoms with Gasteiger partial charge in [-0.15, -0.1) is 0 Å². The molecule has 2 aromatic rings. The van der Waals surface area contributed by atoms with Crippen molar-refractivity contribution >= 4 is 29.1 Å². The van der Waals surface area contributed by atoms with Gasteiger partial charge in [0.1, 0.15) is 6.04 Å². The zero-order valence-corrected chi connectivity index (χ0v) is 15.8. The van der Waals surface area contributed by atoms with E-state index in [0.29, 0.717) is 10.7 Å². The lowest BCUT2D eigenvalue weighted by atomic mass is 9.89. The van der Waals surface area contributed by atoms with Gasteiger partial charge in [0.15, 0.2) is 0 Å². The first kappa shape index (κ1) is 16.9. The first-order valence-corrected chi connectivity index (χ1v) is 9.67. The third-order valence-electron chi connectivity index (χ3n) is 5.91. The minimum absolute atomic E-state index is 0.0909. The summed E-state index contributed by atoms with van der Waals surface area (Å²) in [5, 5.41) is 4.93. The molecule has 6 heteroatoms. The van der Waals surface area contributed by atoms with Gasteiger partial charge < -0.3 is 0 Å². The van der Waals surface area contributed by atoms with E-state index in [1.54, 1.807) is 24.3 Å². The zero-order chi connectivity index (χ0) is 18.7. The maximum Gasteiger partial charge on any atom is 0.253 e. The van der Waals surface area contributed by atoms with Crippen LogP contribution < -0.4 is 4.90 Å². The van der Waals surface area contributed by atoms with Crippen molar-refractivity contribution in [2.75, 3.05) is 18.0 Å². The van der Waals surface area contributed by atoms with E-state index in [4.69, 9.17) is 11.6 Å². The fourth-order valence-corrected chi connectivity index (χ4v) is 4.85. The van der Waals surface area contributed by atoms with E-state index in [1.165, 1.54) is 10.5 Å². The van der Waals surface area contributed by atoms with Gasteiger partial charge in [0.2, 0.25) is 5.91 Å². The van der Waals surface area contributed by atoms with Crippen LogP contribution in [0.5, 0.6) is 0 Å². The molecule has 0 saturated carbocycles. The fraction of sp³-hybridized carbons (Fsp3) is 0.333. The Morgan fingerprint density at radius 1 is 0.852 bits per heavy atom. The number of fused-ring (bicyclic) bond motifs is 3.